The highest BCUT2D eigenvalue weighted by Gasteiger charge is 2.18. The van der Waals surface area contributed by atoms with E-state index in [2.05, 4.69) is 60.0 Å². The van der Waals surface area contributed by atoms with Gasteiger partial charge in [0.1, 0.15) is 12.4 Å². The number of nitrogens with zero attached hydrogens (tertiary/aromatic N) is 2. The molecule has 1 saturated heterocycles. The van der Waals surface area contributed by atoms with Crippen LogP contribution >= 0.6 is 0 Å². The number of hydrogen-bond acceptors (Lipinski definition) is 4. The highest BCUT2D eigenvalue weighted by atomic mass is 16.5. The topological polar surface area (TPSA) is 24.9 Å². The number of rotatable bonds is 8. The first-order valence-corrected chi connectivity index (χ1v) is 9.56. The summed E-state index contributed by atoms with van der Waals surface area (Å²) >= 11 is 0. The van der Waals surface area contributed by atoms with Crippen LogP contribution in [0.1, 0.15) is 19.4 Å². The van der Waals surface area contributed by atoms with Crippen molar-refractivity contribution in [3.05, 3.63) is 60.2 Å². The Morgan fingerprint density at radius 3 is 2.19 bits per heavy atom. The van der Waals surface area contributed by atoms with Gasteiger partial charge in [-0.25, -0.2) is 0 Å². The van der Waals surface area contributed by atoms with Gasteiger partial charge in [0.25, 0.3) is 0 Å². The van der Waals surface area contributed by atoms with Crippen LogP contribution < -0.4 is 9.64 Å². The zero-order chi connectivity index (χ0) is 18.2. The second kappa shape index (κ2) is 9.60. The van der Waals surface area contributed by atoms with Crippen LogP contribution in [-0.2, 0) is 11.3 Å². The highest BCUT2D eigenvalue weighted by Crippen LogP contribution is 2.21. The predicted molar refractivity (Wildman–Crippen MR) is 107 cm³/mol. The number of hydrogen-bond donors (Lipinski definition) is 0. The van der Waals surface area contributed by atoms with Crippen LogP contribution in [0.2, 0.25) is 0 Å². The first kappa shape index (κ1) is 18.7. The lowest BCUT2D eigenvalue weighted by atomic mass is 10.2. The molecule has 0 saturated carbocycles. The van der Waals surface area contributed by atoms with E-state index < -0.39 is 0 Å². The smallest absolute Gasteiger partial charge is 0.119 e. The summed E-state index contributed by atoms with van der Waals surface area (Å²) in [5.74, 6) is 0.901. The van der Waals surface area contributed by atoms with Crippen LogP contribution in [0, 0.1) is 0 Å². The van der Waals surface area contributed by atoms with Gasteiger partial charge in [-0.15, -0.1) is 0 Å². The first-order chi connectivity index (χ1) is 12.7. The molecule has 0 bridgehead atoms. The van der Waals surface area contributed by atoms with Crippen LogP contribution in [0.3, 0.4) is 0 Å². The van der Waals surface area contributed by atoms with Crippen molar-refractivity contribution in [3.8, 4) is 5.75 Å². The molecular weight excluding hydrogens is 324 g/mol. The maximum absolute atomic E-state index is 5.78. The molecule has 2 aromatic rings. The molecule has 1 fully saturated rings. The summed E-state index contributed by atoms with van der Waals surface area (Å²) in [6, 6.07) is 19.3. The average Bonchev–Trinajstić information content (AvgIpc) is 2.69. The van der Waals surface area contributed by atoms with Crippen LogP contribution in [0.5, 0.6) is 5.75 Å². The van der Waals surface area contributed by atoms with Gasteiger partial charge in [0.05, 0.1) is 13.2 Å². The molecule has 26 heavy (non-hydrogen) atoms. The molecular formula is C22H30N2O2. The van der Waals surface area contributed by atoms with E-state index in [1.807, 2.05) is 18.2 Å². The largest absolute Gasteiger partial charge is 0.491 e. The summed E-state index contributed by atoms with van der Waals surface area (Å²) in [6.45, 7) is 10.8. The highest BCUT2D eigenvalue weighted by molar-refractivity contribution is 5.49. The van der Waals surface area contributed by atoms with Gasteiger partial charge in [-0.1, -0.05) is 30.3 Å². The van der Waals surface area contributed by atoms with Crippen molar-refractivity contribution < 1.29 is 9.47 Å². The molecule has 0 spiro atoms. The molecule has 0 atom stereocenters. The number of ether oxygens (including phenoxy) is 2. The number of piperazine rings is 1. The van der Waals surface area contributed by atoms with E-state index in [1.54, 1.807) is 0 Å². The lowest BCUT2D eigenvalue weighted by Gasteiger charge is -2.38. The maximum atomic E-state index is 5.78. The second-order valence-corrected chi connectivity index (χ2v) is 7.00. The molecule has 1 heterocycles. The van der Waals surface area contributed by atoms with Crippen LogP contribution in [0.25, 0.3) is 0 Å². The van der Waals surface area contributed by atoms with Crippen LogP contribution in [0.4, 0.5) is 5.69 Å². The van der Waals surface area contributed by atoms with Crippen molar-refractivity contribution in [1.29, 1.82) is 0 Å². The van der Waals surface area contributed by atoms with E-state index in [9.17, 15) is 0 Å². The van der Waals surface area contributed by atoms with Gasteiger partial charge in [0.2, 0.25) is 0 Å². The Balaban J connectivity index is 1.37. The zero-order valence-corrected chi connectivity index (χ0v) is 15.9. The molecule has 0 aromatic heterocycles. The Bertz CT molecular complexity index is 635. The molecule has 0 unspecified atom stereocenters. The molecule has 0 aliphatic carbocycles. The Kier molecular flexibility index (Phi) is 6.92. The lowest BCUT2D eigenvalue weighted by molar-refractivity contribution is 0.0889. The summed E-state index contributed by atoms with van der Waals surface area (Å²) in [5, 5.41) is 0. The molecule has 140 valence electrons. The van der Waals surface area contributed by atoms with Crippen molar-refractivity contribution in [3.63, 3.8) is 0 Å². The van der Waals surface area contributed by atoms with Crippen molar-refractivity contribution in [2.45, 2.75) is 26.5 Å². The quantitative estimate of drug-likeness (QED) is 0.673. The summed E-state index contributed by atoms with van der Waals surface area (Å²) in [5.41, 5.74) is 2.47. The fraction of sp³-hybridized carbons (Fsp3) is 0.455. The van der Waals surface area contributed by atoms with Gasteiger partial charge in [-0.05, 0) is 43.7 Å². The van der Waals surface area contributed by atoms with Crippen molar-refractivity contribution >= 4 is 5.69 Å². The van der Waals surface area contributed by atoms with Crippen molar-refractivity contribution in [2.75, 3.05) is 44.3 Å². The monoisotopic (exact) mass is 354 g/mol. The summed E-state index contributed by atoms with van der Waals surface area (Å²) in [4.78, 5) is 4.98. The van der Waals surface area contributed by atoms with Gasteiger partial charge in [0, 0.05) is 37.9 Å². The van der Waals surface area contributed by atoms with Gasteiger partial charge in [-0.2, -0.15) is 0 Å². The van der Waals surface area contributed by atoms with Crippen LogP contribution in [-0.4, -0.2) is 50.3 Å². The molecule has 1 aliphatic heterocycles. The third-order valence-electron chi connectivity index (χ3n) is 4.85. The number of anilines is 1. The van der Waals surface area contributed by atoms with E-state index in [0.29, 0.717) is 25.9 Å². The minimum absolute atomic E-state index is 0.569. The molecule has 2 aromatic carbocycles. The first-order valence-electron chi connectivity index (χ1n) is 9.56. The van der Waals surface area contributed by atoms with Crippen molar-refractivity contribution in [1.82, 2.24) is 4.90 Å². The molecule has 0 amide bonds. The molecule has 1 aliphatic rings. The molecule has 0 radical (unpaired) electrons. The minimum Gasteiger partial charge on any atom is -0.491 e. The van der Waals surface area contributed by atoms with E-state index in [4.69, 9.17) is 9.47 Å². The van der Waals surface area contributed by atoms with E-state index in [1.165, 1.54) is 11.3 Å². The fourth-order valence-corrected chi connectivity index (χ4v) is 3.23. The van der Waals surface area contributed by atoms with Gasteiger partial charge in [-0.3, -0.25) is 4.90 Å². The molecule has 4 nitrogen and oxygen atoms in total. The molecule has 0 N–H and O–H groups in total. The van der Waals surface area contributed by atoms with Gasteiger partial charge < -0.3 is 14.4 Å². The normalized spacial score (nSPS) is 15.4. The predicted octanol–water partition coefficient (Wildman–Crippen LogP) is 3.81. The third-order valence-corrected chi connectivity index (χ3v) is 4.85. The van der Waals surface area contributed by atoms with E-state index >= 15 is 0 Å². The molecule has 3 rings (SSSR count). The SMILES string of the molecule is CC(C)N1CCN(c2ccc(OCCOCc3ccccc3)cc2)CC1. The van der Waals surface area contributed by atoms with E-state index in [-0.39, 0.29) is 0 Å². The standard InChI is InChI=1S/C22H30N2O2/c1-19(2)23-12-14-24(15-13-23)21-8-10-22(11-9-21)26-17-16-25-18-20-6-4-3-5-7-20/h3-11,19H,12-18H2,1-2H3. The van der Waals surface area contributed by atoms with Crippen molar-refractivity contribution in [2.24, 2.45) is 0 Å². The lowest BCUT2D eigenvalue weighted by Crippen LogP contribution is -2.48. The number of benzene rings is 2. The summed E-state index contributed by atoms with van der Waals surface area (Å²) < 4.78 is 11.4. The van der Waals surface area contributed by atoms with Crippen LogP contribution in [0.15, 0.2) is 54.6 Å². The summed E-state index contributed by atoms with van der Waals surface area (Å²) in [6.07, 6.45) is 0. The molecule has 4 heteroatoms. The Morgan fingerprint density at radius 2 is 1.54 bits per heavy atom. The zero-order valence-electron chi connectivity index (χ0n) is 15.9. The summed E-state index contributed by atoms with van der Waals surface area (Å²) in [7, 11) is 0. The van der Waals surface area contributed by atoms with Gasteiger partial charge in [0.15, 0.2) is 0 Å². The van der Waals surface area contributed by atoms with E-state index in [0.717, 1.165) is 31.9 Å². The fourth-order valence-electron chi connectivity index (χ4n) is 3.23. The Labute approximate surface area is 157 Å². The third kappa shape index (κ3) is 5.48. The Hall–Kier alpha value is -2.04. The minimum atomic E-state index is 0.569. The van der Waals surface area contributed by atoms with Gasteiger partial charge >= 0.3 is 0 Å². The Morgan fingerprint density at radius 1 is 0.846 bits per heavy atom. The average molecular weight is 354 g/mol. The maximum Gasteiger partial charge on any atom is 0.119 e. The second-order valence-electron chi connectivity index (χ2n) is 7.00.